The van der Waals surface area contributed by atoms with Crippen molar-refractivity contribution in [3.63, 3.8) is 0 Å². The Labute approximate surface area is 172 Å². The second kappa shape index (κ2) is 14.7. The smallest absolute Gasteiger partial charge is 0.193 e. The number of quaternary nitrogens is 1. The first-order valence-electron chi connectivity index (χ1n) is 11.0. The van der Waals surface area contributed by atoms with E-state index in [0.717, 1.165) is 19.3 Å². The summed E-state index contributed by atoms with van der Waals surface area (Å²) >= 11 is 0. The number of rotatable bonds is 18. The standard InChI is InChI=1S/C23H43NO4/c1-5-6-7-8-9-10-11-12-13-14-15-16-17-18-21(25)23(28,19-22(26)27)20-24(2,3)4/h17-18,28H,5-16,19-20H2,1-4H3/t23-/m1/s1. The monoisotopic (exact) mass is 397 g/mol. The van der Waals surface area contributed by atoms with Crippen LogP contribution in [0.4, 0.5) is 0 Å². The van der Waals surface area contributed by atoms with Crippen molar-refractivity contribution in [2.45, 2.75) is 96.0 Å². The maximum atomic E-state index is 12.3. The van der Waals surface area contributed by atoms with E-state index in [1.54, 1.807) is 6.08 Å². The van der Waals surface area contributed by atoms with Crippen LogP contribution in [0.1, 0.15) is 90.4 Å². The van der Waals surface area contributed by atoms with Crippen LogP contribution in [0, 0.1) is 0 Å². The molecule has 0 unspecified atom stereocenters. The number of allylic oxidation sites excluding steroid dienone is 1. The molecule has 0 aromatic carbocycles. The highest BCUT2D eigenvalue weighted by Gasteiger charge is 2.39. The predicted octanol–water partition coefficient (Wildman–Crippen LogP) is 3.39. The summed E-state index contributed by atoms with van der Waals surface area (Å²) in [5.41, 5.74) is -1.91. The molecule has 0 heterocycles. The number of carboxylic acid groups (broad SMARTS) is 1. The molecule has 28 heavy (non-hydrogen) atoms. The van der Waals surface area contributed by atoms with E-state index in [1.165, 1.54) is 63.9 Å². The third kappa shape index (κ3) is 14.8. The molecular formula is C23H43NO4. The van der Waals surface area contributed by atoms with Crippen molar-refractivity contribution in [3.05, 3.63) is 12.2 Å². The normalized spacial score (nSPS) is 14.3. The summed E-state index contributed by atoms with van der Waals surface area (Å²) in [5, 5.41) is 21.5. The molecule has 0 fully saturated rings. The fourth-order valence-electron chi connectivity index (χ4n) is 3.52. The number of hydrogen-bond donors (Lipinski definition) is 1. The van der Waals surface area contributed by atoms with Crippen molar-refractivity contribution in [1.29, 1.82) is 0 Å². The van der Waals surface area contributed by atoms with Crippen LogP contribution in [0.5, 0.6) is 0 Å². The zero-order chi connectivity index (χ0) is 21.5. The first-order valence-corrected chi connectivity index (χ1v) is 11.0. The molecular weight excluding hydrogens is 354 g/mol. The Morgan fingerprint density at radius 1 is 0.893 bits per heavy atom. The third-order valence-electron chi connectivity index (χ3n) is 4.87. The van der Waals surface area contributed by atoms with Crippen LogP contribution in [0.3, 0.4) is 0 Å². The summed E-state index contributed by atoms with van der Waals surface area (Å²) in [4.78, 5) is 23.3. The van der Waals surface area contributed by atoms with Gasteiger partial charge in [0.15, 0.2) is 11.4 Å². The van der Waals surface area contributed by atoms with E-state index >= 15 is 0 Å². The lowest BCUT2D eigenvalue weighted by Crippen LogP contribution is -2.55. The molecule has 0 aromatic heterocycles. The van der Waals surface area contributed by atoms with Crippen molar-refractivity contribution in [3.8, 4) is 0 Å². The van der Waals surface area contributed by atoms with Gasteiger partial charge in [0.05, 0.1) is 21.1 Å². The molecule has 0 aliphatic rings. The zero-order valence-corrected chi connectivity index (χ0v) is 18.7. The number of aliphatic carboxylic acids is 1. The van der Waals surface area contributed by atoms with Gasteiger partial charge in [-0.25, -0.2) is 0 Å². The number of ketones is 1. The van der Waals surface area contributed by atoms with E-state index in [2.05, 4.69) is 6.92 Å². The SMILES string of the molecule is CCCCCCCCCCCCCC=CC(=O)[C@@](O)(CC(=O)[O-])C[N+](C)(C)C. The van der Waals surface area contributed by atoms with Gasteiger partial charge in [0.1, 0.15) is 6.54 Å². The highest BCUT2D eigenvalue weighted by Crippen LogP contribution is 2.17. The molecule has 1 N–H and O–H groups in total. The number of unbranched alkanes of at least 4 members (excludes halogenated alkanes) is 11. The Hall–Kier alpha value is -1.20. The van der Waals surface area contributed by atoms with Gasteiger partial charge in [0.25, 0.3) is 0 Å². The van der Waals surface area contributed by atoms with Gasteiger partial charge in [-0.2, -0.15) is 0 Å². The van der Waals surface area contributed by atoms with E-state index in [0.29, 0.717) is 4.48 Å². The lowest BCUT2D eigenvalue weighted by atomic mass is 9.92. The number of carbonyl (C=O) groups is 2. The summed E-state index contributed by atoms with van der Waals surface area (Å²) in [5.74, 6) is -1.96. The predicted molar refractivity (Wildman–Crippen MR) is 113 cm³/mol. The third-order valence-corrected chi connectivity index (χ3v) is 4.87. The van der Waals surface area contributed by atoms with Gasteiger partial charge < -0.3 is 19.5 Å². The van der Waals surface area contributed by atoms with Gasteiger partial charge in [-0.05, 0) is 18.9 Å². The molecule has 0 aliphatic heterocycles. The fraction of sp³-hybridized carbons (Fsp3) is 0.826. The van der Waals surface area contributed by atoms with Crippen LogP contribution in [0.2, 0.25) is 0 Å². The molecule has 0 amide bonds. The minimum absolute atomic E-state index is 0.0304. The summed E-state index contributed by atoms with van der Waals surface area (Å²) in [7, 11) is 5.42. The molecule has 0 bridgehead atoms. The Morgan fingerprint density at radius 2 is 1.36 bits per heavy atom. The van der Waals surface area contributed by atoms with Gasteiger partial charge in [0, 0.05) is 12.4 Å². The lowest BCUT2D eigenvalue weighted by molar-refractivity contribution is -0.875. The van der Waals surface area contributed by atoms with Crippen LogP contribution < -0.4 is 5.11 Å². The quantitative estimate of drug-likeness (QED) is 0.218. The van der Waals surface area contributed by atoms with Crippen molar-refractivity contribution < 1.29 is 24.3 Å². The molecule has 0 saturated heterocycles. The van der Waals surface area contributed by atoms with Gasteiger partial charge in [-0.15, -0.1) is 0 Å². The second-order valence-electron chi connectivity index (χ2n) is 9.12. The second-order valence-corrected chi connectivity index (χ2v) is 9.12. The maximum Gasteiger partial charge on any atom is 0.193 e. The van der Waals surface area contributed by atoms with Gasteiger partial charge in [-0.1, -0.05) is 77.2 Å². The largest absolute Gasteiger partial charge is 0.550 e. The lowest BCUT2D eigenvalue weighted by Gasteiger charge is -2.34. The minimum atomic E-state index is -1.91. The molecule has 0 rings (SSSR count). The summed E-state index contributed by atoms with van der Waals surface area (Å²) in [6.45, 7) is 2.27. The van der Waals surface area contributed by atoms with Gasteiger partial charge in [0.2, 0.25) is 0 Å². The Morgan fingerprint density at radius 3 is 1.79 bits per heavy atom. The first kappa shape index (κ1) is 26.8. The Bertz CT molecular complexity index is 468. The summed E-state index contributed by atoms with van der Waals surface area (Å²) in [6, 6.07) is 0. The van der Waals surface area contributed by atoms with Crippen LogP contribution in [0.15, 0.2) is 12.2 Å². The number of carboxylic acids is 1. The molecule has 5 heteroatoms. The highest BCUT2D eigenvalue weighted by molar-refractivity contribution is 5.99. The fourth-order valence-corrected chi connectivity index (χ4v) is 3.52. The highest BCUT2D eigenvalue weighted by atomic mass is 16.4. The number of likely N-dealkylation sites (N-methyl/N-ethyl adjacent to an activating group) is 1. The summed E-state index contributed by atoms with van der Waals surface area (Å²) in [6.07, 6.45) is 17.2. The average molecular weight is 398 g/mol. The van der Waals surface area contributed by atoms with Crippen LogP contribution in [-0.2, 0) is 9.59 Å². The van der Waals surface area contributed by atoms with E-state index in [-0.39, 0.29) is 6.54 Å². The zero-order valence-electron chi connectivity index (χ0n) is 18.7. The molecule has 0 spiro atoms. The van der Waals surface area contributed by atoms with Crippen molar-refractivity contribution >= 4 is 11.8 Å². The molecule has 0 aliphatic carbocycles. The number of aliphatic hydroxyl groups is 1. The molecule has 0 radical (unpaired) electrons. The van der Waals surface area contributed by atoms with E-state index < -0.39 is 23.8 Å². The first-order chi connectivity index (χ1) is 13.1. The van der Waals surface area contributed by atoms with E-state index in [1.807, 2.05) is 21.1 Å². The van der Waals surface area contributed by atoms with Gasteiger partial charge >= 0.3 is 0 Å². The van der Waals surface area contributed by atoms with Crippen LogP contribution in [-0.4, -0.2) is 54.6 Å². The number of hydrogen-bond acceptors (Lipinski definition) is 4. The molecule has 5 nitrogen and oxygen atoms in total. The van der Waals surface area contributed by atoms with Crippen LogP contribution in [0.25, 0.3) is 0 Å². The van der Waals surface area contributed by atoms with Crippen molar-refractivity contribution in [2.75, 3.05) is 27.7 Å². The van der Waals surface area contributed by atoms with E-state index in [9.17, 15) is 19.8 Å². The number of carbonyl (C=O) groups excluding carboxylic acids is 2. The van der Waals surface area contributed by atoms with Crippen LogP contribution >= 0.6 is 0 Å². The topological polar surface area (TPSA) is 77.4 Å². The number of nitrogens with zero attached hydrogens (tertiary/aromatic N) is 1. The minimum Gasteiger partial charge on any atom is -0.550 e. The maximum absolute atomic E-state index is 12.3. The molecule has 0 aromatic rings. The molecule has 164 valence electrons. The van der Waals surface area contributed by atoms with E-state index in [4.69, 9.17) is 0 Å². The van der Waals surface area contributed by atoms with Crippen molar-refractivity contribution in [1.82, 2.24) is 0 Å². The Kier molecular flexibility index (Phi) is 14.1. The average Bonchev–Trinajstić information content (AvgIpc) is 2.56. The summed E-state index contributed by atoms with van der Waals surface area (Å²) < 4.78 is 0.294. The Balaban J connectivity index is 4.00. The van der Waals surface area contributed by atoms with Crippen molar-refractivity contribution in [2.24, 2.45) is 0 Å². The molecule has 1 atom stereocenters. The van der Waals surface area contributed by atoms with Gasteiger partial charge in [-0.3, -0.25) is 4.79 Å². The molecule has 0 saturated carbocycles.